The number of aryl methyl sites for hydroxylation is 1. The second kappa shape index (κ2) is 9.44. The minimum absolute atomic E-state index is 0.0389. The van der Waals surface area contributed by atoms with E-state index in [-0.39, 0.29) is 37.0 Å². The van der Waals surface area contributed by atoms with Gasteiger partial charge in [0.15, 0.2) is 0 Å². The Bertz CT molecular complexity index is 1230. The lowest BCUT2D eigenvalue weighted by atomic mass is 10.1. The van der Waals surface area contributed by atoms with Crippen LogP contribution >= 0.6 is 0 Å². The van der Waals surface area contributed by atoms with Crippen molar-refractivity contribution in [2.45, 2.75) is 26.0 Å². The topological polar surface area (TPSA) is 75.5 Å². The van der Waals surface area contributed by atoms with Crippen molar-refractivity contribution in [1.29, 1.82) is 0 Å². The van der Waals surface area contributed by atoms with Gasteiger partial charge in [0.2, 0.25) is 15.9 Å². The predicted octanol–water partition coefficient (Wildman–Crippen LogP) is 2.84. The number of hydrogen-bond acceptors (Lipinski definition) is 4. The van der Waals surface area contributed by atoms with Crippen molar-refractivity contribution in [1.82, 2.24) is 19.0 Å². The number of aromatic nitrogens is 2. The van der Waals surface area contributed by atoms with Gasteiger partial charge in [-0.3, -0.25) is 4.79 Å². The molecule has 9 heteroatoms. The molecule has 174 valence electrons. The quantitative estimate of drug-likeness (QED) is 0.555. The SMILES string of the molecule is Cc1nn(-c2ccc(F)cc2)c(C)c1CC(=O)N1CCN(S(=O)(=O)Cc2ccccc2)CC1. The molecule has 7 nitrogen and oxygen atoms in total. The van der Waals surface area contributed by atoms with Crippen LogP contribution in [-0.4, -0.2) is 59.5 Å². The molecule has 0 spiro atoms. The molecule has 1 aromatic heterocycles. The Labute approximate surface area is 193 Å². The van der Waals surface area contributed by atoms with E-state index in [1.54, 1.807) is 33.8 Å². The molecule has 0 aliphatic carbocycles. The molecule has 0 atom stereocenters. The van der Waals surface area contributed by atoms with Gasteiger partial charge in [-0.1, -0.05) is 30.3 Å². The van der Waals surface area contributed by atoms with Gasteiger partial charge >= 0.3 is 0 Å². The average Bonchev–Trinajstić information content (AvgIpc) is 3.08. The van der Waals surface area contributed by atoms with E-state index >= 15 is 0 Å². The van der Waals surface area contributed by atoms with Gasteiger partial charge < -0.3 is 4.90 Å². The molecule has 4 rings (SSSR count). The van der Waals surface area contributed by atoms with Crippen LogP contribution in [0.1, 0.15) is 22.5 Å². The molecule has 2 aromatic carbocycles. The van der Waals surface area contributed by atoms with Gasteiger partial charge in [-0.2, -0.15) is 9.40 Å². The van der Waals surface area contributed by atoms with Crippen LogP contribution in [0.5, 0.6) is 0 Å². The molecule has 33 heavy (non-hydrogen) atoms. The van der Waals surface area contributed by atoms with Gasteiger partial charge in [0.25, 0.3) is 0 Å². The maximum Gasteiger partial charge on any atom is 0.227 e. The molecule has 1 amide bonds. The van der Waals surface area contributed by atoms with E-state index in [0.29, 0.717) is 13.1 Å². The largest absolute Gasteiger partial charge is 0.340 e. The number of halogens is 1. The summed E-state index contributed by atoms with van der Waals surface area (Å²) in [6.07, 6.45) is 0.190. The first-order chi connectivity index (χ1) is 15.7. The first-order valence-corrected chi connectivity index (χ1v) is 12.5. The summed E-state index contributed by atoms with van der Waals surface area (Å²) in [6, 6.07) is 15.2. The zero-order valence-corrected chi connectivity index (χ0v) is 19.6. The lowest BCUT2D eigenvalue weighted by molar-refractivity contribution is -0.131. The lowest BCUT2D eigenvalue weighted by Gasteiger charge is -2.34. The normalized spacial score (nSPS) is 15.1. The van der Waals surface area contributed by atoms with Crippen LogP contribution in [0, 0.1) is 19.7 Å². The second-order valence-corrected chi connectivity index (χ2v) is 10.2. The average molecular weight is 471 g/mol. The van der Waals surface area contributed by atoms with Crippen molar-refractivity contribution in [3.05, 3.63) is 82.9 Å². The van der Waals surface area contributed by atoms with Crippen LogP contribution in [0.3, 0.4) is 0 Å². The highest BCUT2D eigenvalue weighted by Crippen LogP contribution is 2.20. The maximum absolute atomic E-state index is 13.3. The fraction of sp³-hybridized carbons (Fsp3) is 0.333. The van der Waals surface area contributed by atoms with Crippen molar-refractivity contribution >= 4 is 15.9 Å². The monoisotopic (exact) mass is 470 g/mol. The third kappa shape index (κ3) is 5.15. The van der Waals surface area contributed by atoms with Crippen molar-refractivity contribution < 1.29 is 17.6 Å². The van der Waals surface area contributed by atoms with E-state index in [4.69, 9.17) is 0 Å². The molecule has 3 aromatic rings. The first kappa shape index (κ1) is 23.1. The molecule has 1 fully saturated rings. The molecule has 2 heterocycles. The number of piperazine rings is 1. The number of sulfonamides is 1. The smallest absolute Gasteiger partial charge is 0.227 e. The number of benzene rings is 2. The Balaban J connectivity index is 1.39. The first-order valence-electron chi connectivity index (χ1n) is 10.8. The number of carbonyl (C=O) groups excluding carboxylic acids is 1. The van der Waals surface area contributed by atoms with Crippen LogP contribution in [0.4, 0.5) is 4.39 Å². The predicted molar refractivity (Wildman–Crippen MR) is 124 cm³/mol. The molecule has 1 saturated heterocycles. The summed E-state index contributed by atoms with van der Waals surface area (Å²) in [4.78, 5) is 14.7. The molecular formula is C24H27FN4O3S. The van der Waals surface area contributed by atoms with E-state index in [1.165, 1.54) is 16.4 Å². The summed E-state index contributed by atoms with van der Waals surface area (Å²) in [7, 11) is -3.43. The van der Waals surface area contributed by atoms with E-state index in [9.17, 15) is 17.6 Å². The van der Waals surface area contributed by atoms with Gasteiger partial charge in [0, 0.05) is 37.4 Å². The second-order valence-electron chi connectivity index (χ2n) is 8.24. The van der Waals surface area contributed by atoms with E-state index in [1.807, 2.05) is 32.0 Å². The van der Waals surface area contributed by atoms with Gasteiger partial charge in [-0.15, -0.1) is 0 Å². The Morgan fingerprint density at radius 3 is 2.24 bits per heavy atom. The summed E-state index contributed by atoms with van der Waals surface area (Å²) in [5.41, 5.74) is 3.89. The van der Waals surface area contributed by atoms with E-state index < -0.39 is 10.0 Å². The highest BCUT2D eigenvalue weighted by Gasteiger charge is 2.29. The Hall–Kier alpha value is -3.04. The molecule has 0 radical (unpaired) electrons. The maximum atomic E-state index is 13.3. The number of nitrogens with zero attached hydrogens (tertiary/aromatic N) is 4. The zero-order valence-electron chi connectivity index (χ0n) is 18.7. The van der Waals surface area contributed by atoms with Crippen molar-refractivity contribution in [2.75, 3.05) is 26.2 Å². The molecule has 0 saturated carbocycles. The third-order valence-corrected chi connectivity index (χ3v) is 7.87. The van der Waals surface area contributed by atoms with E-state index in [2.05, 4.69) is 5.10 Å². The van der Waals surface area contributed by atoms with Crippen LogP contribution in [0.25, 0.3) is 5.69 Å². The van der Waals surface area contributed by atoms with Crippen molar-refractivity contribution in [3.8, 4) is 5.69 Å². The van der Waals surface area contributed by atoms with E-state index in [0.717, 1.165) is 28.2 Å². The highest BCUT2D eigenvalue weighted by atomic mass is 32.2. The molecule has 0 unspecified atom stereocenters. The molecule has 1 aliphatic rings. The molecule has 1 aliphatic heterocycles. The highest BCUT2D eigenvalue weighted by molar-refractivity contribution is 7.88. The van der Waals surface area contributed by atoms with Crippen molar-refractivity contribution in [2.24, 2.45) is 0 Å². The third-order valence-electron chi connectivity index (χ3n) is 6.02. The standard InChI is InChI=1S/C24H27FN4O3S/c1-18-23(19(2)29(26-18)22-10-8-21(25)9-11-22)16-24(30)27-12-14-28(15-13-27)33(31,32)17-20-6-4-3-5-7-20/h3-11H,12-17H2,1-2H3. The fourth-order valence-corrected chi connectivity index (χ4v) is 5.64. The number of rotatable bonds is 6. The molecule has 0 bridgehead atoms. The lowest BCUT2D eigenvalue weighted by Crippen LogP contribution is -2.51. The van der Waals surface area contributed by atoms with Gasteiger partial charge in [0.1, 0.15) is 5.82 Å². The summed E-state index contributed by atoms with van der Waals surface area (Å²) < 4.78 is 42.0. The van der Waals surface area contributed by atoms with Crippen LogP contribution in [-0.2, 0) is 27.0 Å². The summed E-state index contributed by atoms with van der Waals surface area (Å²) in [5.74, 6) is -0.413. The minimum atomic E-state index is -3.43. The van der Waals surface area contributed by atoms with Gasteiger partial charge in [0.05, 0.1) is 23.6 Å². The van der Waals surface area contributed by atoms with Crippen molar-refractivity contribution in [3.63, 3.8) is 0 Å². The zero-order chi connectivity index (χ0) is 23.6. The Kier molecular flexibility index (Phi) is 6.62. The number of carbonyl (C=O) groups is 1. The van der Waals surface area contributed by atoms with Crippen LogP contribution in [0.2, 0.25) is 0 Å². The summed E-state index contributed by atoms with van der Waals surface area (Å²) in [6.45, 7) is 5.03. The van der Waals surface area contributed by atoms with Gasteiger partial charge in [-0.25, -0.2) is 17.5 Å². The Morgan fingerprint density at radius 1 is 0.970 bits per heavy atom. The molecule has 0 N–H and O–H groups in total. The summed E-state index contributed by atoms with van der Waals surface area (Å²) in [5, 5.41) is 4.53. The van der Waals surface area contributed by atoms with Crippen LogP contribution in [0.15, 0.2) is 54.6 Å². The number of hydrogen-bond donors (Lipinski definition) is 0. The minimum Gasteiger partial charge on any atom is -0.340 e. The van der Waals surface area contributed by atoms with Gasteiger partial charge in [-0.05, 0) is 43.7 Å². The van der Waals surface area contributed by atoms with Crippen LogP contribution < -0.4 is 0 Å². The molecular weight excluding hydrogens is 443 g/mol. The fourth-order valence-electron chi connectivity index (χ4n) is 4.12. The number of amides is 1. The summed E-state index contributed by atoms with van der Waals surface area (Å²) >= 11 is 0. The Morgan fingerprint density at radius 2 is 1.61 bits per heavy atom.